The Balaban J connectivity index is 0.000000260. The minimum atomic E-state index is -5.08. The van der Waals surface area contributed by atoms with Crippen LogP contribution in [0.5, 0.6) is 0 Å². The van der Waals surface area contributed by atoms with Crippen LogP contribution in [0.4, 0.5) is 19.0 Å². The van der Waals surface area contributed by atoms with Crippen molar-refractivity contribution < 1.29 is 31.5 Å². The number of aromatic nitrogens is 1. The Morgan fingerprint density at radius 3 is 2.33 bits per heavy atom. The summed E-state index contributed by atoms with van der Waals surface area (Å²) in [6.45, 7) is 3.27. The summed E-state index contributed by atoms with van der Waals surface area (Å²) in [4.78, 5) is 15.5. The third kappa shape index (κ3) is 4.34. The molecule has 0 atom stereocenters. The van der Waals surface area contributed by atoms with Crippen molar-refractivity contribution >= 4 is 21.8 Å². The molecule has 1 spiro atoms. The predicted molar refractivity (Wildman–Crippen MR) is 90.7 cm³/mol. The van der Waals surface area contributed by atoms with Gasteiger partial charge in [0.2, 0.25) is 10.0 Å². The van der Waals surface area contributed by atoms with Crippen molar-refractivity contribution in [1.29, 1.82) is 0 Å². The molecule has 1 saturated carbocycles. The first-order chi connectivity index (χ1) is 12.5. The van der Waals surface area contributed by atoms with Gasteiger partial charge in [0, 0.05) is 37.8 Å². The molecule has 27 heavy (non-hydrogen) atoms. The van der Waals surface area contributed by atoms with Crippen molar-refractivity contribution in [2.75, 3.05) is 31.1 Å². The fraction of sp³-hybridized carbons (Fsp3) is 0.625. The standard InChI is InChI=1S/C14H19N3O2S.C2HF3O2/c18-20(19,12-4-5-12)17-8-6-14(11-17)9-16(10-14)13-3-1-2-7-15-13;3-2(4,5)1(6)7/h1-3,7,12H,4-6,8-11H2;(H,6,7). The monoisotopic (exact) mass is 407 g/mol. The first-order valence-electron chi connectivity index (χ1n) is 8.49. The lowest BCUT2D eigenvalue weighted by atomic mass is 9.79. The van der Waals surface area contributed by atoms with E-state index in [1.165, 1.54) is 0 Å². The highest BCUT2D eigenvalue weighted by Crippen LogP contribution is 2.44. The molecular weight excluding hydrogens is 387 g/mol. The summed E-state index contributed by atoms with van der Waals surface area (Å²) in [5.41, 5.74) is 0.166. The number of rotatable bonds is 3. The van der Waals surface area contributed by atoms with Crippen molar-refractivity contribution in [3.8, 4) is 0 Å². The second-order valence-corrected chi connectivity index (χ2v) is 9.39. The van der Waals surface area contributed by atoms with Gasteiger partial charge in [-0.25, -0.2) is 22.5 Å². The van der Waals surface area contributed by atoms with E-state index >= 15 is 0 Å². The predicted octanol–water partition coefficient (Wildman–Crippen LogP) is 1.72. The number of hydrogen-bond acceptors (Lipinski definition) is 5. The van der Waals surface area contributed by atoms with Crippen LogP contribution in [0.15, 0.2) is 24.4 Å². The molecular formula is C16H20F3N3O4S. The number of pyridine rings is 1. The average molecular weight is 407 g/mol. The molecule has 0 aromatic carbocycles. The van der Waals surface area contributed by atoms with Gasteiger partial charge in [-0.1, -0.05) is 6.07 Å². The number of aliphatic carboxylic acids is 1. The van der Waals surface area contributed by atoms with E-state index in [-0.39, 0.29) is 10.7 Å². The molecule has 1 aromatic heterocycles. The SMILES string of the molecule is O=C(O)C(F)(F)F.O=S(=O)(C1CC1)N1CCC2(CN(c3ccccn3)C2)C1. The molecule has 0 unspecified atom stereocenters. The fourth-order valence-electron chi connectivity index (χ4n) is 3.41. The van der Waals surface area contributed by atoms with Crippen LogP contribution in [0, 0.1) is 5.41 Å². The van der Waals surface area contributed by atoms with E-state index in [2.05, 4.69) is 9.88 Å². The van der Waals surface area contributed by atoms with Crippen LogP contribution in [-0.4, -0.2) is 66.4 Å². The van der Waals surface area contributed by atoms with Crippen LogP contribution >= 0.6 is 0 Å². The number of sulfonamides is 1. The van der Waals surface area contributed by atoms with Gasteiger partial charge < -0.3 is 10.0 Å². The third-order valence-corrected chi connectivity index (χ3v) is 7.32. The molecule has 1 aromatic rings. The Morgan fingerprint density at radius 2 is 1.85 bits per heavy atom. The van der Waals surface area contributed by atoms with Crippen molar-refractivity contribution in [3.05, 3.63) is 24.4 Å². The maximum atomic E-state index is 12.3. The highest BCUT2D eigenvalue weighted by molar-refractivity contribution is 7.90. The van der Waals surface area contributed by atoms with E-state index in [1.807, 2.05) is 18.2 Å². The molecule has 0 radical (unpaired) electrons. The Bertz CT molecular complexity index is 791. The highest BCUT2D eigenvalue weighted by Gasteiger charge is 2.52. The number of carboxylic acids is 1. The van der Waals surface area contributed by atoms with Gasteiger partial charge in [-0.3, -0.25) is 0 Å². The Morgan fingerprint density at radius 1 is 1.22 bits per heavy atom. The summed E-state index contributed by atoms with van der Waals surface area (Å²) in [6.07, 6.45) is -0.584. The van der Waals surface area contributed by atoms with Crippen LogP contribution in [0.25, 0.3) is 0 Å². The normalized spacial score (nSPS) is 22.1. The van der Waals surface area contributed by atoms with Gasteiger partial charge in [-0.15, -0.1) is 0 Å². The molecule has 3 aliphatic rings. The lowest BCUT2D eigenvalue weighted by Crippen LogP contribution is -2.58. The van der Waals surface area contributed by atoms with Gasteiger partial charge in [0.1, 0.15) is 5.82 Å². The molecule has 3 fully saturated rings. The lowest BCUT2D eigenvalue weighted by Gasteiger charge is -2.48. The van der Waals surface area contributed by atoms with Gasteiger partial charge in [0.05, 0.1) is 5.25 Å². The number of nitrogens with zero attached hydrogens (tertiary/aromatic N) is 3. The molecule has 7 nitrogen and oxygen atoms in total. The highest BCUT2D eigenvalue weighted by atomic mass is 32.2. The zero-order valence-electron chi connectivity index (χ0n) is 14.4. The number of anilines is 1. The first-order valence-corrected chi connectivity index (χ1v) is 9.99. The molecule has 11 heteroatoms. The lowest BCUT2D eigenvalue weighted by molar-refractivity contribution is -0.192. The largest absolute Gasteiger partial charge is 0.490 e. The summed E-state index contributed by atoms with van der Waals surface area (Å²) >= 11 is 0. The Kier molecular flexibility index (Phi) is 5.10. The van der Waals surface area contributed by atoms with Crippen LogP contribution in [0.2, 0.25) is 0 Å². The number of hydrogen-bond donors (Lipinski definition) is 1. The van der Waals surface area contributed by atoms with Crippen molar-refractivity contribution in [3.63, 3.8) is 0 Å². The van der Waals surface area contributed by atoms with Crippen molar-refractivity contribution in [2.24, 2.45) is 5.41 Å². The zero-order chi connectivity index (χ0) is 19.9. The van der Waals surface area contributed by atoms with Gasteiger partial charge in [0.15, 0.2) is 0 Å². The minimum absolute atomic E-state index is 0.0791. The quantitative estimate of drug-likeness (QED) is 0.821. The van der Waals surface area contributed by atoms with E-state index in [0.717, 1.165) is 38.2 Å². The van der Waals surface area contributed by atoms with Gasteiger partial charge in [-0.05, 0) is 31.4 Å². The molecule has 2 aliphatic heterocycles. The number of halogens is 3. The maximum Gasteiger partial charge on any atom is 0.490 e. The van der Waals surface area contributed by atoms with E-state index < -0.39 is 22.2 Å². The van der Waals surface area contributed by atoms with E-state index in [1.54, 1.807) is 10.5 Å². The number of alkyl halides is 3. The minimum Gasteiger partial charge on any atom is -0.475 e. The summed E-state index contributed by atoms with van der Waals surface area (Å²) in [7, 11) is -3.00. The van der Waals surface area contributed by atoms with Crippen LogP contribution in [0.3, 0.4) is 0 Å². The Hall–Kier alpha value is -1.88. The summed E-state index contributed by atoms with van der Waals surface area (Å²) in [5.74, 6) is -1.76. The van der Waals surface area contributed by atoms with E-state index in [4.69, 9.17) is 9.90 Å². The van der Waals surface area contributed by atoms with Crippen LogP contribution in [-0.2, 0) is 14.8 Å². The van der Waals surface area contributed by atoms with Crippen LogP contribution in [0.1, 0.15) is 19.3 Å². The van der Waals surface area contributed by atoms with E-state index in [0.29, 0.717) is 13.1 Å². The van der Waals surface area contributed by atoms with Crippen molar-refractivity contribution in [1.82, 2.24) is 9.29 Å². The smallest absolute Gasteiger partial charge is 0.475 e. The molecule has 150 valence electrons. The van der Waals surface area contributed by atoms with Crippen molar-refractivity contribution in [2.45, 2.75) is 30.7 Å². The molecule has 1 N–H and O–H groups in total. The summed E-state index contributed by atoms with van der Waals surface area (Å²) in [6, 6.07) is 5.92. The fourth-order valence-corrected chi connectivity index (χ4v) is 5.37. The molecule has 2 saturated heterocycles. The summed E-state index contributed by atoms with van der Waals surface area (Å²) in [5, 5.41) is 7.05. The molecule has 1 aliphatic carbocycles. The van der Waals surface area contributed by atoms with Crippen LogP contribution < -0.4 is 4.90 Å². The average Bonchev–Trinajstić information content (AvgIpc) is 3.33. The third-order valence-electron chi connectivity index (χ3n) is 4.98. The second-order valence-electron chi connectivity index (χ2n) is 7.17. The first kappa shape index (κ1) is 19.9. The Labute approximate surface area is 154 Å². The maximum absolute atomic E-state index is 12.3. The number of carboxylic acid groups (broad SMARTS) is 1. The summed E-state index contributed by atoms with van der Waals surface area (Å²) < 4.78 is 58.0. The molecule has 0 bridgehead atoms. The molecule has 3 heterocycles. The van der Waals surface area contributed by atoms with Gasteiger partial charge in [0.25, 0.3) is 0 Å². The van der Waals surface area contributed by atoms with Gasteiger partial charge in [-0.2, -0.15) is 13.2 Å². The van der Waals surface area contributed by atoms with E-state index in [9.17, 15) is 21.6 Å². The molecule has 4 rings (SSSR count). The molecule has 0 amide bonds. The number of carbonyl (C=O) groups is 1. The zero-order valence-corrected chi connectivity index (χ0v) is 15.2. The van der Waals surface area contributed by atoms with Gasteiger partial charge >= 0.3 is 12.1 Å². The topological polar surface area (TPSA) is 90.8 Å². The second kappa shape index (κ2) is 6.93.